The summed E-state index contributed by atoms with van der Waals surface area (Å²) in [5.74, 6) is 0.161. The summed E-state index contributed by atoms with van der Waals surface area (Å²) in [5, 5.41) is 0. The van der Waals surface area contributed by atoms with Crippen LogP contribution in [0, 0.1) is 5.92 Å². The lowest BCUT2D eigenvalue weighted by atomic mass is 10.2. The Kier molecular flexibility index (Phi) is 13.5. The molecule has 100 valence electrons. The van der Waals surface area contributed by atoms with E-state index in [1.54, 1.807) is 19.9 Å². The van der Waals surface area contributed by atoms with Crippen LogP contribution in [-0.2, 0) is 19.1 Å². The van der Waals surface area contributed by atoms with Crippen LogP contribution in [0.15, 0.2) is 12.7 Å². The molecule has 4 nitrogen and oxygen atoms in total. The van der Waals surface area contributed by atoms with E-state index in [-0.39, 0.29) is 11.9 Å². The SMILES string of the molecule is C=CCOC(=O)CC.CCC(=O)OCC(C)C. The molecule has 4 heteroatoms. The second-order valence-corrected chi connectivity index (χ2v) is 3.76. The number of esters is 2. The van der Waals surface area contributed by atoms with E-state index in [0.717, 1.165) is 0 Å². The van der Waals surface area contributed by atoms with E-state index < -0.39 is 0 Å². The minimum atomic E-state index is -0.176. The Balaban J connectivity index is 0. The van der Waals surface area contributed by atoms with E-state index in [1.807, 2.05) is 13.8 Å². The molecule has 0 aliphatic rings. The number of hydrogen-bond donors (Lipinski definition) is 0. The van der Waals surface area contributed by atoms with Crippen LogP contribution in [-0.4, -0.2) is 25.2 Å². The minimum absolute atomic E-state index is 0.108. The van der Waals surface area contributed by atoms with Crippen LogP contribution in [0.1, 0.15) is 40.5 Å². The first-order valence-electron chi connectivity index (χ1n) is 5.89. The maximum Gasteiger partial charge on any atom is 0.305 e. The zero-order valence-electron chi connectivity index (χ0n) is 11.3. The largest absolute Gasteiger partial charge is 0.465 e. The molecule has 0 heterocycles. The second kappa shape index (κ2) is 12.7. The van der Waals surface area contributed by atoms with Crippen LogP contribution < -0.4 is 0 Å². The van der Waals surface area contributed by atoms with Gasteiger partial charge in [0, 0.05) is 12.8 Å². The third kappa shape index (κ3) is 17.3. The monoisotopic (exact) mass is 244 g/mol. The molecule has 0 aromatic carbocycles. The molecule has 0 N–H and O–H groups in total. The van der Waals surface area contributed by atoms with Gasteiger partial charge in [-0.25, -0.2) is 0 Å². The van der Waals surface area contributed by atoms with Crippen molar-refractivity contribution in [2.24, 2.45) is 5.92 Å². The molecule has 0 saturated heterocycles. The molecule has 0 aromatic heterocycles. The molecule has 0 aliphatic carbocycles. The molecule has 0 saturated carbocycles. The maximum absolute atomic E-state index is 10.5. The van der Waals surface area contributed by atoms with Crippen molar-refractivity contribution < 1.29 is 19.1 Å². The minimum Gasteiger partial charge on any atom is -0.465 e. The van der Waals surface area contributed by atoms with Crippen molar-refractivity contribution in [3.63, 3.8) is 0 Å². The lowest BCUT2D eigenvalue weighted by Gasteiger charge is -2.04. The van der Waals surface area contributed by atoms with Crippen LogP contribution in [0.25, 0.3) is 0 Å². The average Bonchev–Trinajstić information content (AvgIpc) is 2.33. The van der Waals surface area contributed by atoms with Gasteiger partial charge in [-0.2, -0.15) is 0 Å². The zero-order valence-corrected chi connectivity index (χ0v) is 11.3. The van der Waals surface area contributed by atoms with E-state index in [0.29, 0.717) is 32.0 Å². The van der Waals surface area contributed by atoms with Crippen molar-refractivity contribution in [2.45, 2.75) is 40.5 Å². The molecule has 17 heavy (non-hydrogen) atoms. The van der Waals surface area contributed by atoms with Gasteiger partial charge in [0.15, 0.2) is 0 Å². The topological polar surface area (TPSA) is 52.6 Å². The number of rotatable bonds is 6. The highest BCUT2D eigenvalue weighted by Gasteiger charge is 1.98. The first-order chi connectivity index (χ1) is 7.97. The fourth-order valence-electron chi connectivity index (χ4n) is 0.616. The first-order valence-corrected chi connectivity index (χ1v) is 5.89. The zero-order chi connectivity index (χ0) is 13.7. The van der Waals surface area contributed by atoms with Gasteiger partial charge in [0.05, 0.1) is 6.61 Å². The number of carbonyl (C=O) groups excluding carboxylic acids is 2. The molecule has 0 spiro atoms. The van der Waals surface area contributed by atoms with E-state index in [9.17, 15) is 9.59 Å². The van der Waals surface area contributed by atoms with Crippen LogP contribution in [0.2, 0.25) is 0 Å². The highest BCUT2D eigenvalue weighted by Crippen LogP contribution is 1.93. The quantitative estimate of drug-likeness (QED) is 0.532. The summed E-state index contributed by atoms with van der Waals surface area (Å²) >= 11 is 0. The molecule has 0 amide bonds. The van der Waals surface area contributed by atoms with Crippen molar-refractivity contribution in [1.82, 2.24) is 0 Å². The van der Waals surface area contributed by atoms with Gasteiger partial charge in [-0.3, -0.25) is 9.59 Å². The van der Waals surface area contributed by atoms with Crippen molar-refractivity contribution >= 4 is 11.9 Å². The average molecular weight is 244 g/mol. The van der Waals surface area contributed by atoms with E-state index >= 15 is 0 Å². The summed E-state index contributed by atoms with van der Waals surface area (Å²) in [6, 6.07) is 0. The van der Waals surface area contributed by atoms with Crippen LogP contribution in [0.3, 0.4) is 0 Å². The summed E-state index contributed by atoms with van der Waals surface area (Å²) in [6.07, 6.45) is 2.47. The van der Waals surface area contributed by atoms with E-state index in [2.05, 4.69) is 11.3 Å². The van der Waals surface area contributed by atoms with Crippen molar-refractivity contribution in [3.05, 3.63) is 12.7 Å². The summed E-state index contributed by atoms with van der Waals surface area (Å²) in [5.41, 5.74) is 0. The molecule has 0 atom stereocenters. The number of carbonyl (C=O) groups is 2. The molecule has 0 rings (SSSR count). The second-order valence-electron chi connectivity index (χ2n) is 3.76. The summed E-state index contributed by atoms with van der Waals surface area (Å²) in [7, 11) is 0. The van der Waals surface area contributed by atoms with Gasteiger partial charge in [0.2, 0.25) is 0 Å². The molecule has 0 radical (unpaired) electrons. The Bertz CT molecular complexity index is 221. The van der Waals surface area contributed by atoms with Gasteiger partial charge in [0.25, 0.3) is 0 Å². The maximum atomic E-state index is 10.5. The highest BCUT2D eigenvalue weighted by atomic mass is 16.5. The van der Waals surface area contributed by atoms with Crippen molar-refractivity contribution in [2.75, 3.05) is 13.2 Å². The predicted molar refractivity (Wildman–Crippen MR) is 67.5 cm³/mol. The lowest BCUT2D eigenvalue weighted by molar-refractivity contribution is -0.144. The van der Waals surface area contributed by atoms with Crippen LogP contribution >= 0.6 is 0 Å². The molecule has 0 aromatic rings. The van der Waals surface area contributed by atoms with E-state index in [4.69, 9.17) is 4.74 Å². The normalized spacial score (nSPS) is 9.00. The number of ether oxygens (including phenoxy) is 2. The molecular weight excluding hydrogens is 220 g/mol. The van der Waals surface area contributed by atoms with E-state index in [1.165, 1.54) is 0 Å². The Morgan fingerprint density at radius 2 is 1.59 bits per heavy atom. The summed E-state index contributed by atoms with van der Waals surface area (Å²) in [4.78, 5) is 20.8. The van der Waals surface area contributed by atoms with Gasteiger partial charge < -0.3 is 9.47 Å². The summed E-state index contributed by atoms with van der Waals surface area (Å²) in [6.45, 7) is 11.8. The van der Waals surface area contributed by atoms with Gasteiger partial charge >= 0.3 is 11.9 Å². The standard InChI is InChI=1S/C7H14O2.C6H10O2/c1-4-7(8)9-5-6(2)3;1-3-5-8-6(7)4-2/h6H,4-5H2,1-3H3;3H,1,4-5H2,2H3. The molecule has 0 aliphatic heterocycles. The Morgan fingerprint density at radius 1 is 1.12 bits per heavy atom. The fourth-order valence-corrected chi connectivity index (χ4v) is 0.616. The molecule has 0 unspecified atom stereocenters. The van der Waals surface area contributed by atoms with Crippen molar-refractivity contribution in [1.29, 1.82) is 0 Å². The summed E-state index contributed by atoms with van der Waals surface area (Å²) < 4.78 is 9.40. The molecule has 0 fully saturated rings. The predicted octanol–water partition coefficient (Wildman–Crippen LogP) is 2.72. The number of hydrogen-bond acceptors (Lipinski definition) is 4. The molecule has 0 bridgehead atoms. The third-order valence-corrected chi connectivity index (χ3v) is 1.52. The Hall–Kier alpha value is -1.32. The van der Waals surface area contributed by atoms with Gasteiger partial charge in [-0.15, -0.1) is 0 Å². The Labute approximate surface area is 104 Å². The Morgan fingerprint density at radius 3 is 1.94 bits per heavy atom. The lowest BCUT2D eigenvalue weighted by Crippen LogP contribution is -2.07. The van der Waals surface area contributed by atoms with Gasteiger partial charge in [0.1, 0.15) is 6.61 Å². The van der Waals surface area contributed by atoms with Crippen LogP contribution in [0.4, 0.5) is 0 Å². The highest BCUT2D eigenvalue weighted by molar-refractivity contribution is 5.69. The van der Waals surface area contributed by atoms with Crippen LogP contribution in [0.5, 0.6) is 0 Å². The smallest absolute Gasteiger partial charge is 0.305 e. The van der Waals surface area contributed by atoms with Gasteiger partial charge in [-0.1, -0.05) is 40.3 Å². The fraction of sp³-hybridized carbons (Fsp3) is 0.692. The van der Waals surface area contributed by atoms with Crippen molar-refractivity contribution in [3.8, 4) is 0 Å². The third-order valence-electron chi connectivity index (χ3n) is 1.52. The first kappa shape index (κ1) is 18.1. The van der Waals surface area contributed by atoms with Gasteiger partial charge in [-0.05, 0) is 5.92 Å². The molecular formula is C13H24O4.